The normalized spacial score (nSPS) is 15.1. The fraction of sp³-hybridized carbons (Fsp3) is 0.267. The fourth-order valence-electron chi connectivity index (χ4n) is 4.68. The summed E-state index contributed by atoms with van der Waals surface area (Å²) >= 11 is 0. The maximum atomic E-state index is 13.8. The van der Waals surface area contributed by atoms with Crippen LogP contribution in [0.25, 0.3) is 11.0 Å². The lowest BCUT2D eigenvalue weighted by Crippen LogP contribution is -2.35. The standard InChI is InChI=1S/C30H30N2O4/c1-19-15-24-25(16-20(19)2)36-29-26(28(24)33)27(32(30(29)34)14-13-31(3)4)22-11-8-12-23(17-22)35-18-21-9-6-5-7-10-21/h5-12,15-17,27H,13-14,18H2,1-4H3. The van der Waals surface area contributed by atoms with Gasteiger partial charge in [0, 0.05) is 13.1 Å². The van der Waals surface area contributed by atoms with Gasteiger partial charge in [0.1, 0.15) is 17.9 Å². The van der Waals surface area contributed by atoms with Crippen LogP contribution in [0.2, 0.25) is 0 Å². The molecule has 0 N–H and O–H groups in total. The number of benzene rings is 3. The Labute approximate surface area is 210 Å². The third-order valence-corrected chi connectivity index (χ3v) is 6.79. The summed E-state index contributed by atoms with van der Waals surface area (Å²) in [7, 11) is 3.92. The van der Waals surface area contributed by atoms with Crippen molar-refractivity contribution in [2.75, 3.05) is 27.2 Å². The third-order valence-electron chi connectivity index (χ3n) is 6.79. The molecule has 0 saturated heterocycles. The molecule has 0 fully saturated rings. The Hall–Kier alpha value is -3.90. The molecule has 2 heterocycles. The highest BCUT2D eigenvalue weighted by Crippen LogP contribution is 2.39. The van der Waals surface area contributed by atoms with Crippen LogP contribution in [0.1, 0.15) is 44.4 Å². The van der Waals surface area contributed by atoms with E-state index in [4.69, 9.17) is 9.15 Å². The summed E-state index contributed by atoms with van der Waals surface area (Å²) in [4.78, 5) is 31.2. The van der Waals surface area contributed by atoms with Gasteiger partial charge in [-0.25, -0.2) is 0 Å². The molecular formula is C30H30N2O4. The monoisotopic (exact) mass is 482 g/mol. The van der Waals surface area contributed by atoms with Gasteiger partial charge >= 0.3 is 0 Å². The lowest BCUT2D eigenvalue weighted by Gasteiger charge is -2.26. The molecular weight excluding hydrogens is 452 g/mol. The Bertz CT molecular complexity index is 1490. The van der Waals surface area contributed by atoms with E-state index >= 15 is 0 Å². The molecule has 184 valence electrons. The summed E-state index contributed by atoms with van der Waals surface area (Å²) in [5.74, 6) is 0.557. The zero-order valence-corrected chi connectivity index (χ0v) is 21.1. The maximum absolute atomic E-state index is 13.8. The van der Waals surface area contributed by atoms with E-state index in [0.717, 1.165) is 22.3 Å². The van der Waals surface area contributed by atoms with Gasteiger partial charge in [-0.3, -0.25) is 9.59 Å². The first-order valence-corrected chi connectivity index (χ1v) is 12.1. The molecule has 1 atom stereocenters. The summed E-state index contributed by atoms with van der Waals surface area (Å²) in [5, 5.41) is 0.501. The Balaban J connectivity index is 1.59. The molecule has 1 aliphatic heterocycles. The lowest BCUT2D eigenvalue weighted by atomic mass is 9.97. The van der Waals surface area contributed by atoms with Crippen LogP contribution < -0.4 is 10.2 Å². The van der Waals surface area contributed by atoms with Crippen molar-refractivity contribution in [3.63, 3.8) is 0 Å². The molecule has 1 aromatic heterocycles. The first-order valence-electron chi connectivity index (χ1n) is 12.1. The largest absolute Gasteiger partial charge is 0.489 e. The van der Waals surface area contributed by atoms with E-state index in [-0.39, 0.29) is 17.1 Å². The molecule has 1 aliphatic rings. The van der Waals surface area contributed by atoms with Crippen molar-refractivity contribution in [1.29, 1.82) is 0 Å². The van der Waals surface area contributed by atoms with E-state index in [9.17, 15) is 9.59 Å². The molecule has 6 nitrogen and oxygen atoms in total. The van der Waals surface area contributed by atoms with Gasteiger partial charge in [0.15, 0.2) is 5.43 Å². The van der Waals surface area contributed by atoms with Crippen LogP contribution in [0.3, 0.4) is 0 Å². The highest BCUT2D eigenvalue weighted by Gasteiger charge is 2.42. The fourth-order valence-corrected chi connectivity index (χ4v) is 4.68. The van der Waals surface area contributed by atoms with Crippen molar-refractivity contribution in [2.24, 2.45) is 0 Å². The first-order chi connectivity index (χ1) is 17.3. The molecule has 0 aliphatic carbocycles. The minimum atomic E-state index is -0.546. The Morgan fingerprint density at radius 3 is 2.44 bits per heavy atom. The number of carbonyl (C=O) groups excluding carboxylic acids is 1. The summed E-state index contributed by atoms with van der Waals surface area (Å²) in [5.41, 5.74) is 4.60. The van der Waals surface area contributed by atoms with Gasteiger partial charge in [-0.2, -0.15) is 0 Å². The number of amides is 1. The van der Waals surface area contributed by atoms with Crippen molar-refractivity contribution in [3.8, 4) is 5.75 Å². The number of aryl methyl sites for hydroxylation is 2. The van der Waals surface area contributed by atoms with Gasteiger partial charge < -0.3 is 19.0 Å². The molecule has 5 rings (SSSR count). The van der Waals surface area contributed by atoms with Gasteiger partial charge in [-0.1, -0.05) is 42.5 Å². The van der Waals surface area contributed by atoms with E-state index in [2.05, 4.69) is 0 Å². The molecule has 36 heavy (non-hydrogen) atoms. The summed E-state index contributed by atoms with van der Waals surface area (Å²) in [6, 6.07) is 20.8. The van der Waals surface area contributed by atoms with E-state index < -0.39 is 6.04 Å². The van der Waals surface area contributed by atoms with Gasteiger partial charge in [0.05, 0.1) is 17.0 Å². The van der Waals surface area contributed by atoms with E-state index in [1.807, 2.05) is 99.6 Å². The number of likely N-dealkylation sites (N-methyl/N-ethyl adjacent to an activating group) is 1. The average molecular weight is 483 g/mol. The van der Waals surface area contributed by atoms with Crippen molar-refractivity contribution < 1.29 is 13.9 Å². The van der Waals surface area contributed by atoms with E-state index in [0.29, 0.717) is 42.0 Å². The minimum absolute atomic E-state index is 0.134. The zero-order chi connectivity index (χ0) is 25.4. The van der Waals surface area contributed by atoms with Crippen molar-refractivity contribution in [1.82, 2.24) is 9.80 Å². The van der Waals surface area contributed by atoms with Crippen molar-refractivity contribution in [3.05, 3.63) is 111 Å². The quantitative estimate of drug-likeness (QED) is 0.367. The second-order valence-corrected chi connectivity index (χ2v) is 9.66. The van der Waals surface area contributed by atoms with Gasteiger partial charge in [-0.05, 0) is 74.5 Å². The molecule has 3 aromatic carbocycles. The van der Waals surface area contributed by atoms with Crippen LogP contribution in [0.5, 0.6) is 5.75 Å². The number of hydrogen-bond acceptors (Lipinski definition) is 5. The SMILES string of the molecule is Cc1cc2oc3c(c(=O)c2cc1C)C(c1cccc(OCc2ccccc2)c1)N(CCN(C)C)C3=O. The van der Waals surface area contributed by atoms with Gasteiger partial charge in [0.25, 0.3) is 5.91 Å². The van der Waals surface area contributed by atoms with Gasteiger partial charge in [-0.15, -0.1) is 0 Å². The molecule has 0 radical (unpaired) electrons. The molecule has 0 spiro atoms. The predicted octanol–water partition coefficient (Wildman–Crippen LogP) is 5.10. The smallest absolute Gasteiger partial charge is 0.290 e. The van der Waals surface area contributed by atoms with Crippen LogP contribution in [-0.4, -0.2) is 42.9 Å². The second kappa shape index (κ2) is 9.63. The summed E-state index contributed by atoms with van der Waals surface area (Å²) in [6.45, 7) is 5.49. The third kappa shape index (κ3) is 4.40. The topological polar surface area (TPSA) is 63.0 Å². The van der Waals surface area contributed by atoms with Gasteiger partial charge in [0.2, 0.25) is 5.76 Å². The first kappa shape index (κ1) is 23.8. The van der Waals surface area contributed by atoms with Crippen LogP contribution in [-0.2, 0) is 6.61 Å². The number of nitrogens with zero attached hydrogens (tertiary/aromatic N) is 2. The summed E-state index contributed by atoms with van der Waals surface area (Å²) < 4.78 is 12.2. The number of ether oxygens (including phenoxy) is 1. The Morgan fingerprint density at radius 2 is 1.69 bits per heavy atom. The van der Waals surface area contributed by atoms with E-state index in [1.54, 1.807) is 4.90 Å². The van der Waals surface area contributed by atoms with Crippen LogP contribution >= 0.6 is 0 Å². The second-order valence-electron chi connectivity index (χ2n) is 9.66. The highest BCUT2D eigenvalue weighted by molar-refractivity contribution is 5.99. The average Bonchev–Trinajstić information content (AvgIpc) is 3.15. The highest BCUT2D eigenvalue weighted by atomic mass is 16.5. The molecule has 1 amide bonds. The lowest BCUT2D eigenvalue weighted by molar-refractivity contribution is 0.0716. The molecule has 0 bridgehead atoms. The minimum Gasteiger partial charge on any atom is -0.489 e. The zero-order valence-electron chi connectivity index (χ0n) is 21.1. The van der Waals surface area contributed by atoms with Crippen molar-refractivity contribution in [2.45, 2.75) is 26.5 Å². The van der Waals surface area contributed by atoms with Crippen LogP contribution in [0.4, 0.5) is 0 Å². The van der Waals surface area contributed by atoms with Crippen LogP contribution in [0, 0.1) is 13.8 Å². The number of carbonyl (C=O) groups is 1. The number of fused-ring (bicyclic) bond motifs is 2. The molecule has 1 unspecified atom stereocenters. The predicted molar refractivity (Wildman–Crippen MR) is 141 cm³/mol. The molecule has 6 heteroatoms. The molecule has 4 aromatic rings. The van der Waals surface area contributed by atoms with E-state index in [1.165, 1.54) is 0 Å². The maximum Gasteiger partial charge on any atom is 0.290 e. The summed E-state index contributed by atoms with van der Waals surface area (Å²) in [6.07, 6.45) is 0. The Morgan fingerprint density at radius 1 is 0.944 bits per heavy atom. The van der Waals surface area contributed by atoms with Crippen LogP contribution in [0.15, 0.2) is 75.9 Å². The van der Waals surface area contributed by atoms with Crippen molar-refractivity contribution >= 4 is 16.9 Å². The Kier molecular flexibility index (Phi) is 6.37. The number of hydrogen-bond donors (Lipinski definition) is 0. The number of rotatable bonds is 7. The molecule has 0 saturated carbocycles.